The minimum Gasteiger partial charge on any atom is -0.508 e. The van der Waals surface area contributed by atoms with Gasteiger partial charge < -0.3 is 46.2 Å². The predicted molar refractivity (Wildman–Crippen MR) is 254 cm³/mol. The maximum atomic E-state index is 14.2. The second-order valence-corrected chi connectivity index (χ2v) is 17.8. The third-order valence-corrected chi connectivity index (χ3v) is 13.2. The van der Waals surface area contributed by atoms with Gasteiger partial charge in [0.2, 0.25) is 23.6 Å². The summed E-state index contributed by atoms with van der Waals surface area (Å²) in [6.07, 6.45) is 1.80. The van der Waals surface area contributed by atoms with Gasteiger partial charge in [0.1, 0.15) is 29.0 Å². The molecular weight excluding hydrogens is 851 g/mol. The fourth-order valence-electron chi connectivity index (χ4n) is 9.18. The number of phenols is 1. The smallest absolute Gasteiger partial charge is 0.331 e. The fourth-order valence-corrected chi connectivity index (χ4v) is 9.18. The molecule has 0 radical (unpaired) electrons. The van der Waals surface area contributed by atoms with Gasteiger partial charge in [0.25, 0.3) is 0 Å². The van der Waals surface area contributed by atoms with E-state index in [4.69, 9.17) is 10.5 Å². The molecule has 0 saturated carbocycles. The highest BCUT2D eigenvalue weighted by molar-refractivity contribution is 5.90. The molecule has 0 aliphatic carbocycles. The summed E-state index contributed by atoms with van der Waals surface area (Å²) in [7, 11) is 2.80. The van der Waals surface area contributed by atoms with Crippen molar-refractivity contribution < 1.29 is 38.6 Å². The van der Waals surface area contributed by atoms with E-state index in [0.29, 0.717) is 31.5 Å². The minimum atomic E-state index is -1.24. The van der Waals surface area contributed by atoms with Crippen molar-refractivity contribution in [3.05, 3.63) is 142 Å². The molecule has 3 unspecified atom stereocenters. The summed E-state index contributed by atoms with van der Waals surface area (Å²) in [5, 5.41) is 18.9. The molecule has 4 aromatic rings. The average molecular weight is 914 g/mol. The van der Waals surface area contributed by atoms with Crippen LogP contribution in [0.5, 0.6) is 5.75 Å². The second-order valence-electron chi connectivity index (χ2n) is 17.8. The molecule has 0 spiro atoms. The van der Waals surface area contributed by atoms with Crippen molar-refractivity contribution in [2.75, 3.05) is 40.3 Å². The number of aromatic hydroxyl groups is 1. The number of methoxy groups -OCH3 is 1. The molecule has 6 rings (SSSR count). The van der Waals surface area contributed by atoms with Crippen LogP contribution in [0.4, 0.5) is 0 Å². The van der Waals surface area contributed by atoms with Gasteiger partial charge in [-0.15, -0.1) is 0 Å². The van der Waals surface area contributed by atoms with E-state index >= 15 is 0 Å². The van der Waals surface area contributed by atoms with Gasteiger partial charge in [0.15, 0.2) is 0 Å². The number of hydrogen-bond donors (Lipinski definition) is 5. The Bertz CT molecular complexity index is 2430. The zero-order chi connectivity index (χ0) is 48.3. The molecule has 6 N–H and O–H groups in total. The number of amides is 4. The molecule has 1 fully saturated rings. The zero-order valence-corrected chi connectivity index (χ0v) is 39.0. The third-order valence-electron chi connectivity index (χ3n) is 13.2. The van der Waals surface area contributed by atoms with Crippen LogP contribution in [0.3, 0.4) is 0 Å². The lowest BCUT2D eigenvalue weighted by molar-refractivity contribution is -0.153. The number of rotatable bonds is 17. The topological polar surface area (TPSA) is 204 Å². The van der Waals surface area contributed by atoms with Gasteiger partial charge in [-0.2, -0.15) is 0 Å². The summed E-state index contributed by atoms with van der Waals surface area (Å²) < 4.78 is 5.22. The number of nitrogens with zero attached hydrogens (tertiary/aromatic N) is 3. The number of benzene rings is 4. The number of esters is 1. The summed E-state index contributed by atoms with van der Waals surface area (Å²) in [6, 6.07) is 26.2. The van der Waals surface area contributed by atoms with Crippen molar-refractivity contribution in [2.45, 2.75) is 95.5 Å². The van der Waals surface area contributed by atoms with E-state index in [9.17, 15) is 33.9 Å². The number of hydrogen-bond acceptors (Lipinski definition) is 11. The second kappa shape index (κ2) is 22.6. The first-order chi connectivity index (χ1) is 32.1. The van der Waals surface area contributed by atoms with Gasteiger partial charge in [-0.05, 0) is 104 Å². The van der Waals surface area contributed by atoms with Gasteiger partial charge in [-0.1, -0.05) is 84.9 Å². The van der Waals surface area contributed by atoms with Gasteiger partial charge >= 0.3 is 5.97 Å². The number of likely N-dealkylation sites (N-methyl/N-ethyl adjacent to an activating group) is 1. The number of nitrogens with two attached hydrogens (primary N) is 1. The number of fused-ring (bicyclic) bond motifs is 1. The molecule has 2 aliphatic rings. The van der Waals surface area contributed by atoms with Gasteiger partial charge in [0, 0.05) is 33.2 Å². The lowest BCUT2D eigenvalue weighted by Gasteiger charge is -2.40. The molecule has 0 aromatic heterocycles. The molecule has 2 aliphatic heterocycles. The number of carbonyl (C=O) groups excluding carboxylic acids is 6. The lowest BCUT2D eigenvalue weighted by Crippen LogP contribution is -2.60. The first-order valence-corrected chi connectivity index (χ1v) is 22.8. The van der Waals surface area contributed by atoms with Crippen molar-refractivity contribution >= 4 is 35.5 Å². The first kappa shape index (κ1) is 49.6. The Morgan fingerprint density at radius 1 is 0.910 bits per heavy atom. The molecular formula is C52H63N7O8. The Labute approximate surface area is 392 Å². The van der Waals surface area contributed by atoms with E-state index in [2.05, 4.69) is 33.0 Å². The Kier molecular flexibility index (Phi) is 16.7. The number of piperidine rings is 1. The maximum Gasteiger partial charge on any atom is 0.331 e. The molecule has 15 nitrogen and oxygen atoms in total. The number of carbonyl (C=O) groups is 5. The number of ether oxygens (including phenoxy) is 1. The number of aryl methyl sites for hydroxylation is 2. The van der Waals surface area contributed by atoms with E-state index in [1.807, 2.05) is 68.3 Å². The molecule has 2 heterocycles. The average Bonchev–Trinajstić information content (AvgIpc) is 3.46. The van der Waals surface area contributed by atoms with E-state index < -0.39 is 59.3 Å². The van der Waals surface area contributed by atoms with Crippen molar-refractivity contribution in [1.82, 2.24) is 30.7 Å². The minimum absolute atomic E-state index is 0.0417. The number of likely N-dealkylation sites (tertiary alicyclic amines) is 1. The molecule has 4 aromatic carbocycles. The fraction of sp³-hybridized carbons (Fsp3) is 0.404. The normalized spacial score (nSPS) is 17.1. The SMILES string of the molecule is COC(=O)C1(NC(=O)CC(NC(=O)CN2Cc3ccccc3C[C@H](NC(=O)C(C)N(C)C(=O)C(N)Cc3c(C)cc(O)cc3C)C2=C=O)c2ccccc2)CCN(CCc2ccccc2)CC1. The Balaban J connectivity index is 1.13. The molecule has 4 atom stereocenters. The Morgan fingerprint density at radius 3 is 2.15 bits per heavy atom. The molecule has 15 heteroatoms. The summed E-state index contributed by atoms with van der Waals surface area (Å²) in [4.78, 5) is 87.0. The highest BCUT2D eigenvalue weighted by atomic mass is 16.5. The van der Waals surface area contributed by atoms with Gasteiger partial charge in [-0.3, -0.25) is 19.2 Å². The maximum absolute atomic E-state index is 14.2. The first-order valence-electron chi connectivity index (χ1n) is 22.8. The number of nitrogens with one attached hydrogen (secondary N) is 3. The molecule has 354 valence electrons. The lowest BCUT2D eigenvalue weighted by atomic mass is 9.86. The molecule has 0 bridgehead atoms. The zero-order valence-electron chi connectivity index (χ0n) is 39.0. The van der Waals surface area contributed by atoms with Crippen LogP contribution in [-0.4, -0.2) is 119 Å². The van der Waals surface area contributed by atoms with Crippen LogP contribution in [-0.2, 0) is 59.3 Å². The Morgan fingerprint density at radius 2 is 1.52 bits per heavy atom. The number of phenolic OH excluding ortho intramolecular Hbond substituents is 1. The van der Waals surface area contributed by atoms with Crippen LogP contribution in [0, 0.1) is 13.8 Å². The largest absolute Gasteiger partial charge is 0.508 e. The van der Waals surface area contributed by atoms with Gasteiger partial charge in [-0.25, -0.2) is 9.59 Å². The quantitative estimate of drug-likeness (QED) is 0.0766. The summed E-state index contributed by atoms with van der Waals surface area (Å²) >= 11 is 0. The summed E-state index contributed by atoms with van der Waals surface area (Å²) in [5.74, 6) is -0.341. The van der Waals surface area contributed by atoms with Crippen LogP contribution in [0.15, 0.2) is 103 Å². The molecule has 67 heavy (non-hydrogen) atoms. The molecule has 4 amide bonds. The van der Waals surface area contributed by atoms with Crippen LogP contribution in [0.2, 0.25) is 0 Å². The van der Waals surface area contributed by atoms with E-state index in [-0.39, 0.29) is 43.8 Å². The van der Waals surface area contributed by atoms with E-state index in [1.54, 1.807) is 48.2 Å². The third kappa shape index (κ3) is 12.6. The molecule has 1 saturated heterocycles. The van der Waals surface area contributed by atoms with Crippen molar-refractivity contribution in [3.63, 3.8) is 0 Å². The van der Waals surface area contributed by atoms with Crippen LogP contribution in [0.1, 0.15) is 71.2 Å². The van der Waals surface area contributed by atoms with Crippen molar-refractivity contribution in [2.24, 2.45) is 5.73 Å². The summed E-state index contributed by atoms with van der Waals surface area (Å²) in [5.41, 5.74) is 11.2. The summed E-state index contributed by atoms with van der Waals surface area (Å²) in [6.45, 7) is 7.04. The van der Waals surface area contributed by atoms with Crippen LogP contribution >= 0.6 is 0 Å². The van der Waals surface area contributed by atoms with E-state index in [0.717, 1.165) is 40.8 Å². The van der Waals surface area contributed by atoms with Crippen LogP contribution in [0.25, 0.3) is 0 Å². The highest BCUT2D eigenvalue weighted by Gasteiger charge is 2.44. The van der Waals surface area contributed by atoms with Crippen molar-refractivity contribution in [1.29, 1.82) is 0 Å². The Hall–Kier alpha value is -6.80. The van der Waals surface area contributed by atoms with E-state index in [1.165, 1.54) is 24.6 Å². The van der Waals surface area contributed by atoms with Crippen LogP contribution < -0.4 is 21.7 Å². The highest BCUT2D eigenvalue weighted by Crippen LogP contribution is 2.28. The van der Waals surface area contributed by atoms with Gasteiger partial charge in [0.05, 0.1) is 38.2 Å². The predicted octanol–water partition coefficient (Wildman–Crippen LogP) is 3.60. The standard InChI is InChI=1S/C52H63N7O8/c1-34-26-41(61)27-35(2)42(34)29-43(53)50(65)57(4)36(3)49(64)55-45-28-39-18-12-13-19-40(39)31-59(46(45)33-60)32-48(63)54-44(38-16-10-7-11-17-38)30-47(62)56-52(51(66)67-5)21-24-58(25-22-52)23-20-37-14-8-6-9-15-37/h6-19,26-27,36,43-45,61H,20-25,28-32,53H2,1-5H3,(H,54,63)(H,55,64)(H,56,62)/t36?,43?,44?,45-/m0/s1. The van der Waals surface area contributed by atoms with Crippen molar-refractivity contribution in [3.8, 4) is 5.75 Å². The monoisotopic (exact) mass is 913 g/mol.